The predicted molar refractivity (Wildman–Crippen MR) is 149 cm³/mol. The van der Waals surface area contributed by atoms with Crippen LogP contribution in [0.1, 0.15) is 18.8 Å². The molecule has 1 atom stereocenters. The first-order valence-electron chi connectivity index (χ1n) is 12.5. The van der Waals surface area contributed by atoms with Gasteiger partial charge in [-0.05, 0) is 66.6 Å². The lowest BCUT2D eigenvalue weighted by Crippen LogP contribution is -2.35. The minimum atomic E-state index is -4.88. The van der Waals surface area contributed by atoms with E-state index < -0.39 is 33.7 Å². The zero-order chi connectivity index (χ0) is 29.4. The van der Waals surface area contributed by atoms with Gasteiger partial charge in [-0.15, -0.1) is 13.2 Å². The van der Waals surface area contributed by atoms with Crippen LogP contribution in [0.3, 0.4) is 0 Å². The third kappa shape index (κ3) is 5.72. The van der Waals surface area contributed by atoms with Crippen LogP contribution < -0.4 is 10.3 Å². The summed E-state index contributed by atoms with van der Waals surface area (Å²) in [6, 6.07) is 26.3. The average molecular weight is 580 g/mol. The van der Waals surface area contributed by atoms with E-state index in [1.54, 1.807) is 43.3 Å². The number of nitrogens with zero attached hydrogens (tertiary/aromatic N) is 3. The molecule has 5 rings (SSSR count). The first-order valence-corrected chi connectivity index (χ1v) is 13.9. The smallest absolute Gasteiger partial charge is 0.406 e. The van der Waals surface area contributed by atoms with E-state index in [1.165, 1.54) is 35.9 Å². The molecule has 1 heterocycles. The van der Waals surface area contributed by atoms with Crippen LogP contribution in [0.15, 0.2) is 113 Å². The number of benzene rings is 4. The lowest BCUT2D eigenvalue weighted by molar-refractivity contribution is -0.274. The molecule has 0 aliphatic carbocycles. The minimum Gasteiger partial charge on any atom is -0.406 e. The van der Waals surface area contributed by atoms with Crippen LogP contribution in [0.4, 0.5) is 13.2 Å². The van der Waals surface area contributed by atoms with Crippen molar-refractivity contribution >= 4 is 20.9 Å². The number of halogens is 3. The topological polar surface area (TPSA) is 81.5 Å². The summed E-state index contributed by atoms with van der Waals surface area (Å²) in [7, 11) is -2.66. The Balaban J connectivity index is 1.55. The standard InChI is InChI=1S/C30H24F3N3O4S/c1-20(35(2)41(38,39)25-18-12-22(13-19-25)21-8-4-3-5-9-21)28-34-27-11-7-6-10-26(27)29(37)36(28)23-14-16-24(17-15-23)40-30(31,32)33/h3-20H,1-2H3. The van der Waals surface area contributed by atoms with E-state index >= 15 is 0 Å². The van der Waals surface area contributed by atoms with Gasteiger partial charge in [-0.2, -0.15) is 4.31 Å². The van der Waals surface area contributed by atoms with E-state index in [1.807, 2.05) is 30.3 Å². The number of hydrogen-bond donors (Lipinski definition) is 0. The summed E-state index contributed by atoms with van der Waals surface area (Å²) in [6.07, 6.45) is -4.88. The fourth-order valence-corrected chi connectivity index (χ4v) is 5.79. The minimum absolute atomic E-state index is 0.0508. The van der Waals surface area contributed by atoms with Crippen molar-refractivity contribution in [2.24, 2.45) is 0 Å². The second-order valence-electron chi connectivity index (χ2n) is 9.26. The van der Waals surface area contributed by atoms with Gasteiger partial charge in [-0.1, -0.05) is 54.6 Å². The zero-order valence-corrected chi connectivity index (χ0v) is 22.7. The Labute approximate surface area is 234 Å². The number of aromatic nitrogens is 2. The number of fused-ring (bicyclic) bond motifs is 1. The monoisotopic (exact) mass is 579 g/mol. The van der Waals surface area contributed by atoms with Crippen LogP contribution in [-0.2, 0) is 10.0 Å². The second-order valence-corrected chi connectivity index (χ2v) is 11.3. The van der Waals surface area contributed by atoms with Crippen molar-refractivity contribution in [3.05, 3.63) is 119 Å². The Hall–Kier alpha value is -4.48. The molecule has 41 heavy (non-hydrogen) atoms. The predicted octanol–water partition coefficient (Wildman–Crippen LogP) is 6.33. The molecule has 0 amide bonds. The molecular weight excluding hydrogens is 555 g/mol. The largest absolute Gasteiger partial charge is 0.573 e. The Kier molecular flexibility index (Phi) is 7.41. The molecule has 0 radical (unpaired) electrons. The van der Waals surface area contributed by atoms with Gasteiger partial charge in [-0.3, -0.25) is 9.36 Å². The Bertz CT molecular complexity index is 1860. The first kappa shape index (κ1) is 28.1. The molecule has 0 aliphatic rings. The van der Waals surface area contributed by atoms with E-state index in [9.17, 15) is 26.4 Å². The summed E-state index contributed by atoms with van der Waals surface area (Å²) in [4.78, 5) is 18.3. The molecule has 4 aromatic carbocycles. The fourth-order valence-electron chi connectivity index (χ4n) is 4.46. The number of hydrogen-bond acceptors (Lipinski definition) is 5. The highest BCUT2D eigenvalue weighted by Crippen LogP contribution is 2.29. The second kappa shape index (κ2) is 10.8. The maximum absolute atomic E-state index is 13.7. The highest BCUT2D eigenvalue weighted by Gasteiger charge is 2.32. The molecule has 0 fully saturated rings. The van der Waals surface area contributed by atoms with Crippen LogP contribution in [-0.4, -0.2) is 35.7 Å². The van der Waals surface area contributed by atoms with Crippen molar-refractivity contribution in [2.75, 3.05) is 7.05 Å². The van der Waals surface area contributed by atoms with Gasteiger partial charge in [-0.25, -0.2) is 13.4 Å². The van der Waals surface area contributed by atoms with Gasteiger partial charge < -0.3 is 4.74 Å². The highest BCUT2D eigenvalue weighted by molar-refractivity contribution is 7.89. The molecule has 0 saturated carbocycles. The van der Waals surface area contributed by atoms with E-state index in [-0.39, 0.29) is 21.8 Å². The first-order chi connectivity index (χ1) is 19.5. The van der Waals surface area contributed by atoms with Crippen molar-refractivity contribution in [1.29, 1.82) is 0 Å². The third-order valence-corrected chi connectivity index (χ3v) is 8.63. The van der Waals surface area contributed by atoms with Crippen molar-refractivity contribution in [2.45, 2.75) is 24.2 Å². The Morgan fingerprint density at radius 2 is 1.41 bits per heavy atom. The van der Waals surface area contributed by atoms with Crippen molar-refractivity contribution in [1.82, 2.24) is 13.9 Å². The molecular formula is C30H24F3N3O4S. The van der Waals surface area contributed by atoms with E-state index in [0.717, 1.165) is 27.6 Å². The number of ether oxygens (including phenoxy) is 1. The summed E-state index contributed by atoms with van der Waals surface area (Å²) < 4.78 is 71.6. The molecule has 0 N–H and O–H groups in total. The van der Waals surface area contributed by atoms with Crippen LogP contribution in [0.25, 0.3) is 27.7 Å². The molecule has 1 aromatic heterocycles. The molecule has 0 spiro atoms. The van der Waals surface area contributed by atoms with Crippen LogP contribution in [0.2, 0.25) is 0 Å². The fraction of sp³-hybridized carbons (Fsp3) is 0.133. The number of sulfonamides is 1. The van der Waals surface area contributed by atoms with E-state index in [2.05, 4.69) is 9.72 Å². The molecule has 1 unspecified atom stereocenters. The van der Waals surface area contributed by atoms with Gasteiger partial charge in [0.2, 0.25) is 10.0 Å². The van der Waals surface area contributed by atoms with E-state index in [4.69, 9.17) is 0 Å². The van der Waals surface area contributed by atoms with Crippen molar-refractivity contribution in [3.63, 3.8) is 0 Å². The van der Waals surface area contributed by atoms with Gasteiger partial charge in [0.1, 0.15) is 11.6 Å². The van der Waals surface area contributed by atoms with Crippen molar-refractivity contribution in [3.8, 4) is 22.6 Å². The quantitative estimate of drug-likeness (QED) is 0.225. The summed E-state index contributed by atoms with van der Waals surface area (Å²) in [5.74, 6) is -0.374. The van der Waals surface area contributed by atoms with Crippen LogP contribution in [0, 0.1) is 0 Å². The summed E-state index contributed by atoms with van der Waals surface area (Å²) in [5.41, 5.74) is 1.84. The molecule has 11 heteroatoms. The Morgan fingerprint density at radius 1 is 0.829 bits per heavy atom. The van der Waals surface area contributed by atoms with Gasteiger partial charge >= 0.3 is 6.36 Å². The summed E-state index contributed by atoms with van der Waals surface area (Å²) in [6.45, 7) is 1.59. The average Bonchev–Trinajstić information content (AvgIpc) is 2.96. The summed E-state index contributed by atoms with van der Waals surface area (Å²) in [5, 5.41) is 0.265. The van der Waals surface area contributed by atoms with Gasteiger partial charge in [0, 0.05) is 7.05 Å². The summed E-state index contributed by atoms with van der Waals surface area (Å²) >= 11 is 0. The number of para-hydroxylation sites is 1. The number of alkyl halides is 3. The Morgan fingerprint density at radius 3 is 2.05 bits per heavy atom. The molecule has 5 aromatic rings. The number of rotatable bonds is 7. The molecule has 0 bridgehead atoms. The lowest BCUT2D eigenvalue weighted by atomic mass is 10.1. The molecule has 210 valence electrons. The third-order valence-electron chi connectivity index (χ3n) is 6.69. The highest BCUT2D eigenvalue weighted by atomic mass is 32.2. The van der Waals surface area contributed by atoms with Crippen LogP contribution >= 0.6 is 0 Å². The van der Waals surface area contributed by atoms with Crippen LogP contribution in [0.5, 0.6) is 5.75 Å². The molecule has 0 aliphatic heterocycles. The lowest BCUT2D eigenvalue weighted by Gasteiger charge is -2.26. The SMILES string of the molecule is CC(c1nc2ccccc2c(=O)n1-c1ccc(OC(F)(F)F)cc1)N(C)S(=O)(=O)c1ccc(-c2ccccc2)cc1. The van der Waals surface area contributed by atoms with Gasteiger partial charge in [0.15, 0.2) is 0 Å². The van der Waals surface area contributed by atoms with Gasteiger partial charge in [0.05, 0.1) is 27.5 Å². The van der Waals surface area contributed by atoms with Gasteiger partial charge in [0.25, 0.3) is 5.56 Å². The van der Waals surface area contributed by atoms with E-state index in [0.29, 0.717) is 5.52 Å². The van der Waals surface area contributed by atoms with Crippen molar-refractivity contribution < 1.29 is 26.3 Å². The zero-order valence-electron chi connectivity index (χ0n) is 21.9. The maximum atomic E-state index is 13.7. The molecule has 0 saturated heterocycles. The maximum Gasteiger partial charge on any atom is 0.573 e. The molecule has 7 nitrogen and oxygen atoms in total. The normalized spacial score (nSPS) is 12.9.